The van der Waals surface area contributed by atoms with E-state index in [4.69, 9.17) is 4.74 Å². The van der Waals surface area contributed by atoms with E-state index in [1.807, 2.05) is 12.1 Å². The number of halogens is 1. The van der Waals surface area contributed by atoms with Crippen LogP contribution in [0.3, 0.4) is 0 Å². The molecular weight excluding hydrogens is 322 g/mol. The van der Waals surface area contributed by atoms with Gasteiger partial charge in [-0.1, -0.05) is 28.8 Å². The van der Waals surface area contributed by atoms with Crippen molar-refractivity contribution in [3.8, 4) is 0 Å². The molecule has 1 aliphatic carbocycles. The van der Waals surface area contributed by atoms with Crippen LogP contribution in [0.1, 0.15) is 36.0 Å². The van der Waals surface area contributed by atoms with Crippen LogP contribution >= 0.6 is 15.9 Å². The van der Waals surface area contributed by atoms with Gasteiger partial charge in [-0.25, -0.2) is 0 Å². The summed E-state index contributed by atoms with van der Waals surface area (Å²) < 4.78 is 5.63. The molecule has 1 aromatic rings. The SMILES string of the molecule is COC(=O)CN(C(=O)c1ccc(Br)cc1)C1CCCC1. The Balaban J connectivity index is 2.18. The molecule has 0 radical (unpaired) electrons. The van der Waals surface area contributed by atoms with E-state index in [1.165, 1.54) is 7.11 Å². The summed E-state index contributed by atoms with van der Waals surface area (Å²) in [7, 11) is 1.35. The van der Waals surface area contributed by atoms with Crippen LogP contribution in [-0.2, 0) is 9.53 Å². The fraction of sp³-hybridized carbons (Fsp3) is 0.467. The third-order valence-corrected chi connectivity index (χ3v) is 4.17. The lowest BCUT2D eigenvalue weighted by atomic mass is 10.1. The molecule has 0 N–H and O–H groups in total. The Labute approximate surface area is 127 Å². The van der Waals surface area contributed by atoms with E-state index < -0.39 is 0 Å². The molecule has 108 valence electrons. The molecule has 0 atom stereocenters. The van der Waals surface area contributed by atoms with Gasteiger partial charge in [-0.3, -0.25) is 9.59 Å². The van der Waals surface area contributed by atoms with Crippen LogP contribution < -0.4 is 0 Å². The maximum Gasteiger partial charge on any atom is 0.325 e. The zero-order chi connectivity index (χ0) is 14.5. The first-order valence-corrected chi connectivity index (χ1v) is 7.54. The van der Waals surface area contributed by atoms with Crippen LogP contribution in [0, 0.1) is 0 Å². The van der Waals surface area contributed by atoms with Gasteiger partial charge in [0, 0.05) is 16.1 Å². The number of amides is 1. The van der Waals surface area contributed by atoms with E-state index in [0.29, 0.717) is 5.56 Å². The lowest BCUT2D eigenvalue weighted by molar-refractivity contribution is -0.141. The third-order valence-electron chi connectivity index (χ3n) is 3.64. The maximum absolute atomic E-state index is 12.6. The van der Waals surface area contributed by atoms with Crippen molar-refractivity contribution in [2.45, 2.75) is 31.7 Å². The highest BCUT2D eigenvalue weighted by Crippen LogP contribution is 2.25. The number of benzene rings is 1. The molecule has 1 fully saturated rings. The molecule has 0 bridgehead atoms. The third kappa shape index (κ3) is 3.60. The zero-order valence-electron chi connectivity index (χ0n) is 11.5. The van der Waals surface area contributed by atoms with Crippen LogP contribution in [0.5, 0.6) is 0 Å². The van der Waals surface area contributed by atoms with Crippen molar-refractivity contribution in [1.29, 1.82) is 0 Å². The van der Waals surface area contributed by atoms with E-state index in [1.54, 1.807) is 17.0 Å². The molecule has 0 spiro atoms. The van der Waals surface area contributed by atoms with Crippen LogP contribution in [0.4, 0.5) is 0 Å². The van der Waals surface area contributed by atoms with Crippen LogP contribution in [-0.4, -0.2) is 36.5 Å². The minimum absolute atomic E-state index is 0.0239. The highest BCUT2D eigenvalue weighted by atomic mass is 79.9. The average molecular weight is 340 g/mol. The van der Waals surface area contributed by atoms with E-state index in [0.717, 1.165) is 30.2 Å². The van der Waals surface area contributed by atoms with Crippen molar-refractivity contribution in [2.75, 3.05) is 13.7 Å². The standard InChI is InChI=1S/C15H18BrNO3/c1-20-14(18)10-17(13-4-2-3-5-13)15(19)11-6-8-12(16)9-7-11/h6-9,13H,2-5,10H2,1H3. The Morgan fingerprint density at radius 3 is 2.40 bits per heavy atom. The Hall–Kier alpha value is -1.36. The second-order valence-electron chi connectivity index (χ2n) is 4.95. The molecular formula is C15H18BrNO3. The summed E-state index contributed by atoms with van der Waals surface area (Å²) in [4.78, 5) is 25.8. The van der Waals surface area contributed by atoms with Crippen molar-refractivity contribution >= 4 is 27.8 Å². The van der Waals surface area contributed by atoms with E-state index in [-0.39, 0.29) is 24.5 Å². The van der Waals surface area contributed by atoms with Crippen LogP contribution in [0.25, 0.3) is 0 Å². The first-order chi connectivity index (χ1) is 9.61. The molecule has 0 unspecified atom stereocenters. The number of ether oxygens (including phenoxy) is 1. The maximum atomic E-state index is 12.6. The van der Waals surface area contributed by atoms with Gasteiger partial charge in [-0.05, 0) is 37.1 Å². The zero-order valence-corrected chi connectivity index (χ0v) is 13.1. The summed E-state index contributed by atoms with van der Waals surface area (Å²) in [5.74, 6) is -0.475. The van der Waals surface area contributed by atoms with Gasteiger partial charge in [0.1, 0.15) is 6.54 Å². The van der Waals surface area contributed by atoms with E-state index in [9.17, 15) is 9.59 Å². The van der Waals surface area contributed by atoms with Crippen molar-refractivity contribution in [2.24, 2.45) is 0 Å². The van der Waals surface area contributed by atoms with Crippen LogP contribution in [0.2, 0.25) is 0 Å². The number of hydrogen-bond acceptors (Lipinski definition) is 3. The first-order valence-electron chi connectivity index (χ1n) is 6.75. The molecule has 1 saturated carbocycles. The highest BCUT2D eigenvalue weighted by molar-refractivity contribution is 9.10. The Morgan fingerprint density at radius 1 is 1.25 bits per heavy atom. The van der Waals surface area contributed by atoms with Gasteiger partial charge in [0.2, 0.25) is 0 Å². The smallest absolute Gasteiger partial charge is 0.325 e. The minimum atomic E-state index is -0.373. The monoisotopic (exact) mass is 339 g/mol. The average Bonchev–Trinajstić information content (AvgIpc) is 2.98. The Morgan fingerprint density at radius 2 is 1.85 bits per heavy atom. The second kappa shape index (κ2) is 6.88. The molecule has 0 saturated heterocycles. The lowest BCUT2D eigenvalue weighted by Gasteiger charge is -2.28. The van der Waals surface area contributed by atoms with E-state index in [2.05, 4.69) is 15.9 Å². The summed E-state index contributed by atoms with van der Waals surface area (Å²) in [5, 5.41) is 0. The molecule has 1 aromatic carbocycles. The van der Waals surface area contributed by atoms with Crippen molar-refractivity contribution in [3.63, 3.8) is 0 Å². The number of rotatable bonds is 4. The molecule has 0 aromatic heterocycles. The molecule has 0 heterocycles. The van der Waals surface area contributed by atoms with Gasteiger partial charge in [0.05, 0.1) is 7.11 Å². The Kier molecular flexibility index (Phi) is 5.17. The lowest BCUT2D eigenvalue weighted by Crippen LogP contribution is -2.42. The number of hydrogen-bond donors (Lipinski definition) is 0. The quantitative estimate of drug-likeness (QED) is 0.792. The Bertz CT molecular complexity index is 480. The fourth-order valence-electron chi connectivity index (χ4n) is 2.54. The molecule has 2 rings (SSSR count). The summed E-state index contributed by atoms with van der Waals surface area (Å²) >= 11 is 3.35. The molecule has 5 heteroatoms. The summed E-state index contributed by atoms with van der Waals surface area (Å²) in [6.45, 7) is 0.0239. The van der Waals surface area contributed by atoms with Gasteiger partial charge in [0.25, 0.3) is 5.91 Å². The van der Waals surface area contributed by atoms with Gasteiger partial charge >= 0.3 is 5.97 Å². The van der Waals surface area contributed by atoms with Gasteiger partial charge in [0.15, 0.2) is 0 Å². The normalized spacial score (nSPS) is 15.1. The van der Waals surface area contributed by atoms with Crippen molar-refractivity contribution in [3.05, 3.63) is 34.3 Å². The fourth-order valence-corrected chi connectivity index (χ4v) is 2.81. The summed E-state index contributed by atoms with van der Waals surface area (Å²) in [6, 6.07) is 7.35. The molecule has 0 aliphatic heterocycles. The van der Waals surface area contributed by atoms with E-state index >= 15 is 0 Å². The number of carbonyl (C=O) groups excluding carboxylic acids is 2. The van der Waals surface area contributed by atoms with Gasteiger partial charge in [-0.15, -0.1) is 0 Å². The predicted molar refractivity (Wildman–Crippen MR) is 79.5 cm³/mol. The largest absolute Gasteiger partial charge is 0.468 e. The van der Waals surface area contributed by atoms with Gasteiger partial charge < -0.3 is 9.64 Å². The summed E-state index contributed by atoms with van der Waals surface area (Å²) in [6.07, 6.45) is 4.13. The highest BCUT2D eigenvalue weighted by Gasteiger charge is 2.29. The topological polar surface area (TPSA) is 46.6 Å². The number of esters is 1. The minimum Gasteiger partial charge on any atom is -0.468 e. The summed E-state index contributed by atoms with van der Waals surface area (Å²) in [5.41, 5.74) is 0.601. The predicted octanol–water partition coefficient (Wildman–Crippen LogP) is 3.01. The number of methoxy groups -OCH3 is 1. The van der Waals surface area contributed by atoms with Crippen LogP contribution in [0.15, 0.2) is 28.7 Å². The molecule has 4 nitrogen and oxygen atoms in total. The van der Waals surface area contributed by atoms with Crippen molar-refractivity contribution in [1.82, 2.24) is 4.90 Å². The van der Waals surface area contributed by atoms with Crippen molar-refractivity contribution < 1.29 is 14.3 Å². The number of carbonyl (C=O) groups is 2. The second-order valence-corrected chi connectivity index (χ2v) is 5.87. The van der Waals surface area contributed by atoms with Gasteiger partial charge in [-0.2, -0.15) is 0 Å². The molecule has 1 amide bonds. The number of nitrogens with zero attached hydrogens (tertiary/aromatic N) is 1. The molecule has 20 heavy (non-hydrogen) atoms. The first kappa shape index (κ1) is 15.0. The molecule has 1 aliphatic rings.